The van der Waals surface area contributed by atoms with Crippen LogP contribution in [0.3, 0.4) is 0 Å². The van der Waals surface area contributed by atoms with E-state index in [9.17, 15) is 14.4 Å². The number of hydrogen-bond acceptors (Lipinski definition) is 5. The minimum Gasteiger partial charge on any atom is -0.485 e. The molecule has 1 unspecified atom stereocenters. The van der Waals surface area contributed by atoms with Gasteiger partial charge in [0, 0.05) is 12.6 Å². The van der Waals surface area contributed by atoms with Gasteiger partial charge < -0.3 is 14.8 Å². The highest BCUT2D eigenvalue weighted by atomic mass is 16.6. The van der Waals surface area contributed by atoms with E-state index >= 15 is 0 Å². The number of rotatable bonds is 4. The van der Waals surface area contributed by atoms with Crippen LogP contribution in [0.2, 0.25) is 0 Å². The highest BCUT2D eigenvalue weighted by Gasteiger charge is 2.27. The van der Waals surface area contributed by atoms with E-state index in [0.29, 0.717) is 17.2 Å². The van der Waals surface area contributed by atoms with Crippen LogP contribution in [0.5, 0.6) is 11.5 Å². The second-order valence-corrected chi connectivity index (χ2v) is 5.96. The number of carbonyl (C=O) groups excluding carboxylic acids is 3. The van der Waals surface area contributed by atoms with Gasteiger partial charge in [-0.15, -0.1) is 0 Å². The molecule has 0 bridgehead atoms. The summed E-state index contributed by atoms with van der Waals surface area (Å²) in [7, 11) is 0. The molecule has 3 N–H and O–H groups in total. The molecule has 1 aliphatic rings. The molecule has 3 rings (SSSR count). The summed E-state index contributed by atoms with van der Waals surface area (Å²) < 4.78 is 11.0. The summed E-state index contributed by atoms with van der Waals surface area (Å²) in [5.74, 6) is 0.00846. The van der Waals surface area contributed by atoms with Gasteiger partial charge in [0.05, 0.1) is 6.42 Å². The van der Waals surface area contributed by atoms with Gasteiger partial charge in [-0.3, -0.25) is 25.2 Å². The molecule has 0 aromatic heterocycles. The van der Waals surface area contributed by atoms with Crippen LogP contribution in [-0.4, -0.2) is 30.4 Å². The average Bonchev–Trinajstić information content (AvgIpc) is 2.67. The van der Waals surface area contributed by atoms with Crippen molar-refractivity contribution in [1.29, 1.82) is 0 Å². The fraction of sp³-hybridized carbons (Fsp3) is 0.211. The minimum atomic E-state index is -0.850. The van der Waals surface area contributed by atoms with Crippen LogP contribution < -0.4 is 25.6 Å². The van der Waals surface area contributed by atoms with Crippen molar-refractivity contribution in [2.45, 2.75) is 19.4 Å². The Hall–Kier alpha value is -3.55. The third kappa shape index (κ3) is 4.97. The van der Waals surface area contributed by atoms with Crippen molar-refractivity contribution < 1.29 is 23.9 Å². The predicted molar refractivity (Wildman–Crippen MR) is 97.1 cm³/mol. The van der Waals surface area contributed by atoms with Crippen molar-refractivity contribution in [2.24, 2.45) is 0 Å². The maximum atomic E-state index is 12.1. The van der Waals surface area contributed by atoms with Crippen molar-refractivity contribution in [2.75, 3.05) is 11.9 Å². The summed E-state index contributed by atoms with van der Waals surface area (Å²) in [6.07, 6.45) is -0.775. The maximum absolute atomic E-state index is 12.1. The number of nitrogens with one attached hydrogen (secondary N) is 3. The summed E-state index contributed by atoms with van der Waals surface area (Å²) in [5.41, 5.74) is 6.08. The molecule has 0 aliphatic carbocycles. The summed E-state index contributed by atoms with van der Waals surface area (Å²) >= 11 is 0. The number of para-hydroxylation sites is 2. The van der Waals surface area contributed by atoms with E-state index in [-0.39, 0.29) is 24.8 Å². The van der Waals surface area contributed by atoms with Gasteiger partial charge in [0.2, 0.25) is 17.9 Å². The van der Waals surface area contributed by atoms with E-state index < -0.39 is 12.0 Å². The molecule has 0 spiro atoms. The van der Waals surface area contributed by atoms with Gasteiger partial charge >= 0.3 is 0 Å². The van der Waals surface area contributed by atoms with Crippen molar-refractivity contribution >= 4 is 23.4 Å². The number of anilines is 1. The van der Waals surface area contributed by atoms with E-state index in [0.717, 1.165) is 5.56 Å². The lowest BCUT2D eigenvalue weighted by Gasteiger charge is -2.25. The zero-order valence-electron chi connectivity index (χ0n) is 14.7. The Bertz CT molecular complexity index is 851. The molecule has 0 radical (unpaired) electrons. The van der Waals surface area contributed by atoms with Crippen LogP contribution in [-0.2, 0) is 20.8 Å². The molecular weight excluding hydrogens is 350 g/mol. The van der Waals surface area contributed by atoms with Crippen LogP contribution in [0.1, 0.15) is 12.5 Å². The quantitative estimate of drug-likeness (QED) is 0.702. The van der Waals surface area contributed by atoms with Gasteiger partial charge in [-0.2, -0.15) is 0 Å². The van der Waals surface area contributed by atoms with Crippen LogP contribution in [0.25, 0.3) is 0 Å². The third-order valence-corrected chi connectivity index (χ3v) is 3.77. The zero-order chi connectivity index (χ0) is 19.2. The average molecular weight is 369 g/mol. The highest BCUT2D eigenvalue weighted by Crippen LogP contribution is 2.30. The fourth-order valence-electron chi connectivity index (χ4n) is 2.50. The monoisotopic (exact) mass is 369 g/mol. The molecule has 1 atom stereocenters. The number of hydrazine groups is 1. The SMILES string of the molecule is CC(=O)Nc1ccc(CC(=O)NNC(=O)C2COc3ccccc3O2)cc1. The van der Waals surface area contributed by atoms with Crippen molar-refractivity contribution in [1.82, 2.24) is 10.9 Å². The predicted octanol–water partition coefficient (Wildman–Crippen LogP) is 1.17. The summed E-state index contributed by atoms with van der Waals surface area (Å²) in [6, 6.07) is 13.9. The van der Waals surface area contributed by atoms with Gasteiger partial charge in [-0.1, -0.05) is 24.3 Å². The van der Waals surface area contributed by atoms with E-state index in [1.807, 2.05) is 6.07 Å². The first-order valence-electron chi connectivity index (χ1n) is 8.35. The number of amides is 3. The molecule has 3 amide bonds. The minimum absolute atomic E-state index is 0.0589. The first kappa shape index (κ1) is 18.2. The number of ether oxygens (including phenoxy) is 2. The number of benzene rings is 2. The molecule has 2 aromatic carbocycles. The van der Waals surface area contributed by atoms with E-state index in [1.165, 1.54) is 6.92 Å². The summed E-state index contributed by atoms with van der Waals surface area (Å²) in [4.78, 5) is 35.1. The number of hydrogen-bond donors (Lipinski definition) is 3. The molecule has 2 aromatic rings. The summed E-state index contributed by atoms with van der Waals surface area (Å²) in [5, 5.41) is 2.65. The van der Waals surface area contributed by atoms with Crippen LogP contribution >= 0.6 is 0 Å². The molecule has 0 saturated carbocycles. The largest absolute Gasteiger partial charge is 0.485 e. The fourth-order valence-corrected chi connectivity index (χ4v) is 2.50. The van der Waals surface area contributed by atoms with Crippen molar-refractivity contribution in [3.05, 3.63) is 54.1 Å². The number of carbonyl (C=O) groups is 3. The second kappa shape index (κ2) is 8.22. The zero-order valence-corrected chi connectivity index (χ0v) is 14.7. The first-order valence-corrected chi connectivity index (χ1v) is 8.35. The molecule has 8 heteroatoms. The maximum Gasteiger partial charge on any atom is 0.283 e. The van der Waals surface area contributed by atoms with Gasteiger partial charge in [0.15, 0.2) is 11.5 Å². The van der Waals surface area contributed by atoms with E-state index in [4.69, 9.17) is 9.47 Å². The molecule has 140 valence electrons. The Morgan fingerprint density at radius 2 is 1.70 bits per heavy atom. The lowest BCUT2D eigenvalue weighted by molar-refractivity contribution is -0.134. The van der Waals surface area contributed by atoms with Gasteiger partial charge in [-0.05, 0) is 29.8 Å². The Labute approximate surface area is 155 Å². The lowest BCUT2D eigenvalue weighted by atomic mass is 10.1. The molecular formula is C19H19N3O5. The van der Waals surface area contributed by atoms with E-state index in [2.05, 4.69) is 16.2 Å². The topological polar surface area (TPSA) is 106 Å². The molecule has 8 nitrogen and oxygen atoms in total. The Morgan fingerprint density at radius 3 is 2.41 bits per heavy atom. The van der Waals surface area contributed by atoms with Gasteiger partial charge in [-0.25, -0.2) is 0 Å². The Morgan fingerprint density at radius 1 is 1.00 bits per heavy atom. The highest BCUT2D eigenvalue weighted by molar-refractivity contribution is 5.89. The van der Waals surface area contributed by atoms with Crippen LogP contribution in [0.4, 0.5) is 5.69 Å². The van der Waals surface area contributed by atoms with Crippen LogP contribution in [0, 0.1) is 0 Å². The standard InChI is InChI=1S/C19H19N3O5/c1-12(23)20-14-8-6-13(7-9-14)10-18(24)21-22-19(25)17-11-26-15-4-2-3-5-16(15)27-17/h2-9,17H,10-11H2,1H3,(H,20,23)(H,21,24)(H,22,25). The first-order chi connectivity index (χ1) is 13.0. The van der Waals surface area contributed by atoms with Crippen molar-refractivity contribution in [3.8, 4) is 11.5 Å². The molecule has 0 fully saturated rings. The smallest absolute Gasteiger partial charge is 0.283 e. The van der Waals surface area contributed by atoms with Gasteiger partial charge in [0.1, 0.15) is 6.61 Å². The molecule has 1 heterocycles. The molecule has 27 heavy (non-hydrogen) atoms. The normalized spacial score (nSPS) is 14.8. The molecule has 0 saturated heterocycles. The number of fused-ring (bicyclic) bond motifs is 1. The lowest BCUT2D eigenvalue weighted by Crippen LogP contribution is -2.51. The Kier molecular flexibility index (Phi) is 5.55. The van der Waals surface area contributed by atoms with Crippen molar-refractivity contribution in [3.63, 3.8) is 0 Å². The van der Waals surface area contributed by atoms with Gasteiger partial charge in [0.25, 0.3) is 5.91 Å². The second-order valence-electron chi connectivity index (χ2n) is 5.96. The van der Waals surface area contributed by atoms with E-state index in [1.54, 1.807) is 42.5 Å². The summed E-state index contributed by atoms with van der Waals surface area (Å²) in [6.45, 7) is 1.48. The molecule has 1 aliphatic heterocycles. The Balaban J connectivity index is 1.46. The third-order valence-electron chi connectivity index (χ3n) is 3.77. The van der Waals surface area contributed by atoms with Crippen LogP contribution in [0.15, 0.2) is 48.5 Å².